The lowest BCUT2D eigenvalue weighted by molar-refractivity contribution is -0.142. The molecule has 1 aliphatic carbocycles. The zero-order valence-corrected chi connectivity index (χ0v) is 16.9. The summed E-state index contributed by atoms with van der Waals surface area (Å²) >= 11 is 0.894. The van der Waals surface area contributed by atoms with Crippen LogP contribution >= 0.6 is 11.8 Å². The van der Waals surface area contributed by atoms with E-state index in [0.717, 1.165) is 22.9 Å². The average molecular weight is 429 g/mol. The van der Waals surface area contributed by atoms with Crippen LogP contribution in [0.5, 0.6) is 0 Å². The lowest BCUT2D eigenvalue weighted by Gasteiger charge is -2.22. The van der Waals surface area contributed by atoms with E-state index in [1.807, 2.05) is 31.2 Å². The van der Waals surface area contributed by atoms with Crippen molar-refractivity contribution in [1.29, 1.82) is 0 Å². The highest BCUT2D eigenvalue weighted by molar-refractivity contribution is 7.99. The zero-order chi connectivity index (χ0) is 21.3. The van der Waals surface area contributed by atoms with Crippen LogP contribution in [0.4, 0.5) is 18.9 Å². The normalized spacial score (nSPS) is 12.8. The summed E-state index contributed by atoms with van der Waals surface area (Å²) in [5, 5.41) is 2.67. The molecule has 1 N–H and O–H groups in total. The van der Waals surface area contributed by atoms with Gasteiger partial charge in [-0.25, -0.2) is 9.97 Å². The van der Waals surface area contributed by atoms with E-state index < -0.39 is 11.9 Å². The number of aromatic nitrogens is 2. The molecule has 1 aromatic heterocycles. The van der Waals surface area contributed by atoms with Crippen molar-refractivity contribution in [3.05, 3.63) is 70.9 Å². The van der Waals surface area contributed by atoms with Gasteiger partial charge in [-0.05, 0) is 37.5 Å². The summed E-state index contributed by atoms with van der Waals surface area (Å²) in [5.41, 5.74) is 2.86. The van der Waals surface area contributed by atoms with Gasteiger partial charge in [0.1, 0.15) is 0 Å². The smallest absolute Gasteiger partial charge is 0.325 e. The van der Waals surface area contributed by atoms with E-state index >= 15 is 0 Å². The van der Waals surface area contributed by atoms with E-state index in [2.05, 4.69) is 15.3 Å². The van der Waals surface area contributed by atoms with E-state index in [-0.39, 0.29) is 28.8 Å². The molecule has 2 aromatic carbocycles. The molecule has 4 nitrogen and oxygen atoms in total. The molecular formula is C22H18F3N3OS. The van der Waals surface area contributed by atoms with Crippen LogP contribution in [0.1, 0.15) is 22.4 Å². The first kappa shape index (κ1) is 20.4. The van der Waals surface area contributed by atoms with E-state index in [4.69, 9.17) is 0 Å². The fourth-order valence-corrected chi connectivity index (χ4v) is 4.06. The number of carbonyl (C=O) groups excluding carboxylic acids is 1. The lowest BCUT2D eigenvalue weighted by atomic mass is 9.88. The minimum Gasteiger partial charge on any atom is -0.325 e. The van der Waals surface area contributed by atoms with Gasteiger partial charge in [0, 0.05) is 16.8 Å². The second kappa shape index (κ2) is 8.10. The molecule has 3 aromatic rings. The van der Waals surface area contributed by atoms with Gasteiger partial charge >= 0.3 is 6.18 Å². The summed E-state index contributed by atoms with van der Waals surface area (Å²) < 4.78 is 41.0. The number of alkyl halides is 3. The third kappa shape index (κ3) is 4.33. The van der Waals surface area contributed by atoms with Gasteiger partial charge in [0.05, 0.1) is 11.4 Å². The molecule has 0 bridgehead atoms. The summed E-state index contributed by atoms with van der Waals surface area (Å²) in [5.74, 6) is -0.426. The number of rotatable bonds is 4. The first-order valence-electron chi connectivity index (χ1n) is 9.37. The van der Waals surface area contributed by atoms with Crippen molar-refractivity contribution < 1.29 is 18.0 Å². The van der Waals surface area contributed by atoms with Gasteiger partial charge in [-0.3, -0.25) is 4.79 Å². The largest absolute Gasteiger partial charge is 0.433 e. The number of carbonyl (C=O) groups is 1. The Hall–Kier alpha value is -2.87. The molecule has 8 heteroatoms. The highest BCUT2D eigenvalue weighted by atomic mass is 32.2. The van der Waals surface area contributed by atoms with Gasteiger partial charge < -0.3 is 5.32 Å². The molecule has 1 heterocycles. The standard InChI is InChI=1S/C22H18F3N3OS/c1-13-6-9-15(10-7-13)26-18(29)12-30-21-27-19-16-5-3-2-4-14(16)8-11-17(19)20(28-21)22(23,24)25/h2-7,9-10H,8,11-12H2,1H3,(H,26,29). The fraction of sp³-hybridized carbons (Fsp3) is 0.227. The molecule has 0 saturated carbocycles. The van der Waals surface area contributed by atoms with Crippen molar-refractivity contribution in [2.45, 2.75) is 31.1 Å². The predicted octanol–water partition coefficient (Wildman–Crippen LogP) is 5.30. The molecule has 0 aliphatic heterocycles. The molecule has 0 radical (unpaired) electrons. The third-order valence-electron chi connectivity index (χ3n) is 4.84. The summed E-state index contributed by atoms with van der Waals surface area (Å²) in [6, 6.07) is 14.6. The van der Waals surface area contributed by atoms with E-state index in [9.17, 15) is 18.0 Å². The molecule has 0 saturated heterocycles. The number of thioether (sulfide) groups is 1. The minimum absolute atomic E-state index is 0.0585. The average Bonchev–Trinajstić information content (AvgIpc) is 2.72. The second-order valence-electron chi connectivity index (χ2n) is 7.04. The van der Waals surface area contributed by atoms with Gasteiger partial charge in [-0.1, -0.05) is 53.7 Å². The van der Waals surface area contributed by atoms with Crippen molar-refractivity contribution in [3.63, 3.8) is 0 Å². The number of amides is 1. The second-order valence-corrected chi connectivity index (χ2v) is 7.98. The van der Waals surface area contributed by atoms with Crippen molar-refractivity contribution in [1.82, 2.24) is 9.97 Å². The Bertz CT molecular complexity index is 1100. The third-order valence-corrected chi connectivity index (χ3v) is 5.69. The maximum Gasteiger partial charge on any atom is 0.433 e. The Morgan fingerprint density at radius 2 is 1.80 bits per heavy atom. The molecule has 154 valence electrons. The van der Waals surface area contributed by atoms with E-state index in [1.165, 1.54) is 0 Å². The predicted molar refractivity (Wildman–Crippen MR) is 110 cm³/mol. The van der Waals surface area contributed by atoms with Gasteiger partial charge in [0.2, 0.25) is 5.91 Å². The molecule has 4 rings (SSSR count). The van der Waals surface area contributed by atoms with Crippen LogP contribution in [-0.4, -0.2) is 21.6 Å². The van der Waals surface area contributed by atoms with Gasteiger partial charge in [0.25, 0.3) is 0 Å². The van der Waals surface area contributed by atoms with E-state index in [1.54, 1.807) is 24.3 Å². The fourth-order valence-electron chi connectivity index (χ4n) is 3.42. The Balaban J connectivity index is 1.60. The molecule has 0 atom stereocenters. The number of anilines is 1. The highest BCUT2D eigenvalue weighted by Crippen LogP contribution is 2.40. The summed E-state index contributed by atoms with van der Waals surface area (Å²) in [6.07, 6.45) is -3.83. The van der Waals surface area contributed by atoms with Crippen LogP contribution in [0.2, 0.25) is 0 Å². The number of nitrogens with zero attached hydrogens (tertiary/aromatic N) is 2. The van der Waals surface area contributed by atoms with Crippen LogP contribution in [0.15, 0.2) is 53.7 Å². The monoisotopic (exact) mass is 429 g/mol. The first-order valence-corrected chi connectivity index (χ1v) is 10.4. The van der Waals surface area contributed by atoms with Crippen molar-refractivity contribution in [2.75, 3.05) is 11.1 Å². The number of hydrogen-bond donors (Lipinski definition) is 1. The number of hydrogen-bond acceptors (Lipinski definition) is 4. The topological polar surface area (TPSA) is 54.9 Å². The number of fused-ring (bicyclic) bond motifs is 3. The van der Waals surface area contributed by atoms with Gasteiger partial charge in [0.15, 0.2) is 10.9 Å². The SMILES string of the molecule is Cc1ccc(NC(=O)CSc2nc3c(c(C(F)(F)F)n2)CCc2ccccc2-3)cc1. The molecule has 0 spiro atoms. The minimum atomic E-state index is -4.58. The number of benzene rings is 2. The number of aryl methyl sites for hydroxylation is 2. The summed E-state index contributed by atoms with van der Waals surface area (Å²) in [6.45, 7) is 1.94. The lowest BCUT2D eigenvalue weighted by Crippen LogP contribution is -2.19. The molecule has 0 fully saturated rings. The van der Waals surface area contributed by atoms with E-state index in [0.29, 0.717) is 23.4 Å². The van der Waals surface area contributed by atoms with Gasteiger partial charge in [-0.15, -0.1) is 0 Å². The maximum absolute atomic E-state index is 13.7. The Labute approximate surface area is 175 Å². The molecule has 0 unspecified atom stereocenters. The maximum atomic E-state index is 13.7. The summed E-state index contributed by atoms with van der Waals surface area (Å²) in [4.78, 5) is 20.4. The zero-order valence-electron chi connectivity index (χ0n) is 16.1. The van der Waals surface area contributed by atoms with Crippen LogP contribution in [-0.2, 0) is 23.8 Å². The Morgan fingerprint density at radius 1 is 1.07 bits per heavy atom. The van der Waals surface area contributed by atoms with Crippen molar-refractivity contribution >= 4 is 23.4 Å². The van der Waals surface area contributed by atoms with Crippen LogP contribution in [0.3, 0.4) is 0 Å². The number of halogens is 3. The number of nitrogens with one attached hydrogen (secondary N) is 1. The molecule has 1 aliphatic rings. The van der Waals surface area contributed by atoms with Crippen molar-refractivity contribution in [3.8, 4) is 11.3 Å². The molecular weight excluding hydrogens is 411 g/mol. The summed E-state index contributed by atoms with van der Waals surface area (Å²) in [7, 11) is 0. The van der Waals surface area contributed by atoms with Crippen LogP contribution < -0.4 is 5.32 Å². The Morgan fingerprint density at radius 3 is 2.53 bits per heavy atom. The van der Waals surface area contributed by atoms with Gasteiger partial charge in [-0.2, -0.15) is 13.2 Å². The van der Waals surface area contributed by atoms with Crippen LogP contribution in [0, 0.1) is 6.92 Å². The quantitative estimate of drug-likeness (QED) is 0.452. The first-order chi connectivity index (χ1) is 14.3. The Kier molecular flexibility index (Phi) is 5.51. The van der Waals surface area contributed by atoms with Crippen LogP contribution in [0.25, 0.3) is 11.3 Å². The molecule has 1 amide bonds. The van der Waals surface area contributed by atoms with Crippen molar-refractivity contribution in [2.24, 2.45) is 0 Å². The highest BCUT2D eigenvalue weighted by Gasteiger charge is 2.38. The molecule has 30 heavy (non-hydrogen) atoms.